The number of amides is 2. The normalized spacial score (nSPS) is 20.6. The van der Waals surface area contributed by atoms with Crippen molar-refractivity contribution in [2.45, 2.75) is 49.6 Å². The fourth-order valence-electron chi connectivity index (χ4n) is 4.29. The standard InChI is InChI=1S/C25H29N5O2/c1-30-12-4-8-21(16-30)19-6-2-7-20(14-19)23(31)28-22(13-18-5-3-11-27-15-18)24(32)29-25(17-26)9-10-25/h2-3,5-7,11,14-15,21-22H,4,8-10,12-13,16H2,1H3,(H,28,31)(H,29,32)/t21?,22-/m0/s1. The lowest BCUT2D eigenvalue weighted by molar-refractivity contribution is -0.123. The van der Waals surface area contributed by atoms with Crippen LogP contribution in [0.15, 0.2) is 48.8 Å². The lowest BCUT2D eigenvalue weighted by atomic mass is 9.90. The van der Waals surface area contributed by atoms with Gasteiger partial charge in [0.1, 0.15) is 11.6 Å². The molecular formula is C25H29N5O2. The number of rotatable bonds is 7. The minimum Gasteiger partial charge on any atom is -0.340 e. The number of benzene rings is 1. The molecule has 1 aliphatic heterocycles. The lowest BCUT2D eigenvalue weighted by Gasteiger charge is -2.30. The van der Waals surface area contributed by atoms with Crippen molar-refractivity contribution in [1.29, 1.82) is 5.26 Å². The Kier molecular flexibility index (Phi) is 6.52. The molecule has 0 radical (unpaired) electrons. The fourth-order valence-corrected chi connectivity index (χ4v) is 4.29. The number of likely N-dealkylation sites (N-methyl/N-ethyl adjacent to an activating group) is 1. The highest BCUT2D eigenvalue weighted by molar-refractivity contribution is 5.98. The Morgan fingerprint density at radius 3 is 2.84 bits per heavy atom. The molecule has 2 heterocycles. The van der Waals surface area contributed by atoms with Crippen molar-refractivity contribution in [3.05, 3.63) is 65.5 Å². The van der Waals surface area contributed by atoms with E-state index >= 15 is 0 Å². The summed E-state index contributed by atoms with van der Waals surface area (Å²) in [4.78, 5) is 32.5. The van der Waals surface area contributed by atoms with Crippen LogP contribution in [0.4, 0.5) is 0 Å². The van der Waals surface area contributed by atoms with Crippen molar-refractivity contribution in [2.75, 3.05) is 20.1 Å². The number of nitrogens with one attached hydrogen (secondary N) is 2. The molecule has 0 spiro atoms. The van der Waals surface area contributed by atoms with Crippen LogP contribution in [0.1, 0.15) is 53.1 Å². The zero-order valence-electron chi connectivity index (χ0n) is 18.4. The Bertz CT molecular complexity index is 1010. The molecule has 1 saturated carbocycles. The summed E-state index contributed by atoms with van der Waals surface area (Å²) in [6.45, 7) is 2.08. The molecule has 7 nitrogen and oxygen atoms in total. The van der Waals surface area contributed by atoms with Gasteiger partial charge in [0.25, 0.3) is 5.91 Å². The van der Waals surface area contributed by atoms with Crippen molar-refractivity contribution < 1.29 is 9.59 Å². The van der Waals surface area contributed by atoms with Gasteiger partial charge in [-0.1, -0.05) is 18.2 Å². The molecule has 2 fully saturated rings. The van der Waals surface area contributed by atoms with E-state index in [0.717, 1.165) is 37.1 Å². The molecule has 1 aliphatic carbocycles. The first kappa shape index (κ1) is 22.0. The van der Waals surface area contributed by atoms with E-state index in [4.69, 9.17) is 0 Å². The second-order valence-electron chi connectivity index (χ2n) is 9.00. The highest BCUT2D eigenvalue weighted by Crippen LogP contribution is 2.34. The van der Waals surface area contributed by atoms with Crippen molar-refractivity contribution in [1.82, 2.24) is 20.5 Å². The molecule has 166 valence electrons. The zero-order valence-corrected chi connectivity index (χ0v) is 18.4. The molecule has 1 aromatic carbocycles. The Morgan fingerprint density at radius 2 is 2.16 bits per heavy atom. The second kappa shape index (κ2) is 9.49. The van der Waals surface area contributed by atoms with Gasteiger partial charge in [-0.25, -0.2) is 0 Å². The molecule has 4 rings (SSSR count). The summed E-state index contributed by atoms with van der Waals surface area (Å²) >= 11 is 0. The maximum absolute atomic E-state index is 13.1. The number of pyridine rings is 1. The minimum atomic E-state index is -0.790. The summed E-state index contributed by atoms with van der Waals surface area (Å²) in [7, 11) is 2.12. The van der Waals surface area contributed by atoms with E-state index in [2.05, 4.69) is 39.7 Å². The van der Waals surface area contributed by atoms with Crippen molar-refractivity contribution in [3.8, 4) is 6.07 Å². The Balaban J connectivity index is 1.49. The maximum atomic E-state index is 13.1. The van der Waals surface area contributed by atoms with Gasteiger partial charge in [0.15, 0.2) is 0 Å². The number of piperidine rings is 1. The molecule has 0 bridgehead atoms. The zero-order chi connectivity index (χ0) is 22.6. The number of carbonyl (C=O) groups excluding carboxylic acids is 2. The number of aromatic nitrogens is 1. The highest BCUT2D eigenvalue weighted by Gasteiger charge is 2.45. The van der Waals surface area contributed by atoms with Gasteiger partial charge in [-0.15, -0.1) is 0 Å². The van der Waals surface area contributed by atoms with Crippen LogP contribution in [-0.2, 0) is 11.2 Å². The third kappa shape index (κ3) is 5.32. The summed E-state index contributed by atoms with van der Waals surface area (Å²) in [5, 5.41) is 15.1. The van der Waals surface area contributed by atoms with Crippen molar-refractivity contribution >= 4 is 11.8 Å². The molecule has 2 amide bonds. The number of likely N-dealkylation sites (tertiary alicyclic amines) is 1. The SMILES string of the molecule is CN1CCCC(c2cccc(C(=O)N[C@@H](Cc3cccnc3)C(=O)NC3(C#N)CC3)c2)C1. The molecule has 1 aromatic heterocycles. The van der Waals surface area contributed by atoms with Gasteiger partial charge < -0.3 is 15.5 Å². The smallest absolute Gasteiger partial charge is 0.251 e. The molecule has 1 saturated heterocycles. The quantitative estimate of drug-likeness (QED) is 0.702. The summed E-state index contributed by atoms with van der Waals surface area (Å²) < 4.78 is 0. The maximum Gasteiger partial charge on any atom is 0.251 e. The number of hydrogen-bond donors (Lipinski definition) is 2. The second-order valence-corrected chi connectivity index (χ2v) is 9.00. The predicted octanol–water partition coefficient (Wildman–Crippen LogP) is 2.40. The van der Waals surface area contributed by atoms with Crippen molar-refractivity contribution in [2.24, 2.45) is 0 Å². The topological polar surface area (TPSA) is 98.1 Å². The van der Waals surface area contributed by atoms with Gasteiger partial charge in [-0.3, -0.25) is 14.6 Å². The van der Waals surface area contributed by atoms with E-state index in [-0.39, 0.29) is 11.8 Å². The van der Waals surface area contributed by atoms with Crippen LogP contribution < -0.4 is 10.6 Å². The monoisotopic (exact) mass is 431 g/mol. The lowest BCUT2D eigenvalue weighted by Crippen LogP contribution is -2.51. The van der Waals surface area contributed by atoms with E-state index in [1.807, 2.05) is 18.2 Å². The predicted molar refractivity (Wildman–Crippen MR) is 121 cm³/mol. The summed E-state index contributed by atoms with van der Waals surface area (Å²) in [5.41, 5.74) is 1.75. The van der Waals surface area contributed by atoms with Gasteiger partial charge in [0.2, 0.25) is 5.91 Å². The molecule has 1 unspecified atom stereocenters. The highest BCUT2D eigenvalue weighted by atomic mass is 16.2. The first-order valence-corrected chi connectivity index (χ1v) is 11.2. The third-order valence-electron chi connectivity index (χ3n) is 6.36. The average molecular weight is 432 g/mol. The van der Waals surface area contributed by atoms with E-state index in [9.17, 15) is 14.9 Å². The minimum absolute atomic E-state index is 0.290. The van der Waals surface area contributed by atoms with Crippen LogP contribution in [0, 0.1) is 11.3 Å². The Hall–Kier alpha value is -3.24. The van der Waals surface area contributed by atoms with Gasteiger partial charge in [-0.2, -0.15) is 5.26 Å². The van der Waals surface area contributed by atoms with Crippen molar-refractivity contribution in [3.63, 3.8) is 0 Å². The first-order chi connectivity index (χ1) is 15.5. The van der Waals surface area contributed by atoms with Crippen LogP contribution in [0.25, 0.3) is 0 Å². The van der Waals surface area contributed by atoms with E-state index in [0.29, 0.717) is 30.7 Å². The molecule has 32 heavy (non-hydrogen) atoms. The Morgan fingerprint density at radius 1 is 1.31 bits per heavy atom. The third-order valence-corrected chi connectivity index (χ3v) is 6.36. The number of nitriles is 1. The van der Waals surface area contributed by atoms with Gasteiger partial charge in [0.05, 0.1) is 6.07 Å². The largest absolute Gasteiger partial charge is 0.340 e. The molecule has 2 aromatic rings. The molecule has 7 heteroatoms. The summed E-state index contributed by atoms with van der Waals surface area (Å²) in [5.74, 6) is -0.227. The summed E-state index contributed by atoms with van der Waals surface area (Å²) in [6.07, 6.45) is 7.19. The van der Waals surface area contributed by atoms with Crippen LogP contribution in [0.5, 0.6) is 0 Å². The number of hydrogen-bond acceptors (Lipinski definition) is 5. The fraction of sp³-hybridized carbons (Fsp3) is 0.440. The van der Waals surface area contributed by atoms with E-state index in [1.54, 1.807) is 24.5 Å². The summed E-state index contributed by atoms with van der Waals surface area (Å²) in [6, 6.07) is 12.8. The van der Waals surface area contributed by atoms with E-state index in [1.165, 1.54) is 0 Å². The van der Waals surface area contributed by atoms with Crippen LogP contribution >= 0.6 is 0 Å². The molecule has 2 atom stereocenters. The average Bonchev–Trinajstić information content (AvgIpc) is 3.59. The molecule has 2 aliphatic rings. The van der Waals surface area contributed by atoms with Crippen LogP contribution in [-0.4, -0.2) is 53.4 Å². The Labute approximate surface area is 188 Å². The van der Waals surface area contributed by atoms with Gasteiger partial charge in [-0.05, 0) is 74.5 Å². The van der Waals surface area contributed by atoms with Crippen LogP contribution in [0.2, 0.25) is 0 Å². The van der Waals surface area contributed by atoms with Crippen LogP contribution in [0.3, 0.4) is 0 Å². The number of carbonyl (C=O) groups is 2. The molecular weight excluding hydrogens is 402 g/mol. The number of nitrogens with zero attached hydrogens (tertiary/aromatic N) is 3. The molecule has 2 N–H and O–H groups in total. The first-order valence-electron chi connectivity index (χ1n) is 11.2. The van der Waals surface area contributed by atoms with E-state index < -0.39 is 11.6 Å². The van der Waals surface area contributed by atoms with Gasteiger partial charge >= 0.3 is 0 Å². The van der Waals surface area contributed by atoms with Gasteiger partial charge in [0, 0.05) is 30.9 Å².